The fourth-order valence-corrected chi connectivity index (χ4v) is 1.97. The first kappa shape index (κ1) is 20.0. The van der Waals surface area contributed by atoms with Gasteiger partial charge in [0, 0.05) is 18.0 Å². The van der Waals surface area contributed by atoms with Crippen molar-refractivity contribution in [1.29, 1.82) is 5.26 Å². The molecule has 0 radical (unpaired) electrons. The van der Waals surface area contributed by atoms with Crippen molar-refractivity contribution in [3.05, 3.63) is 71.2 Å². The van der Waals surface area contributed by atoms with E-state index in [0.29, 0.717) is 18.3 Å². The van der Waals surface area contributed by atoms with Gasteiger partial charge in [0.15, 0.2) is 0 Å². The van der Waals surface area contributed by atoms with Crippen LogP contribution in [0.5, 0.6) is 0 Å². The van der Waals surface area contributed by atoms with Crippen molar-refractivity contribution in [3.8, 4) is 6.07 Å². The maximum absolute atomic E-state index is 12.7. The lowest BCUT2D eigenvalue weighted by atomic mass is 10.0. The minimum atomic E-state index is -4.67. The van der Waals surface area contributed by atoms with E-state index in [1.54, 1.807) is 0 Å². The maximum atomic E-state index is 12.7. The third-order valence-corrected chi connectivity index (χ3v) is 3.27. The predicted octanol–water partition coefficient (Wildman–Crippen LogP) is 4.82. The van der Waals surface area contributed by atoms with Crippen LogP contribution in [0.25, 0.3) is 0 Å². The van der Waals surface area contributed by atoms with Crippen LogP contribution in [0.3, 0.4) is 0 Å². The van der Waals surface area contributed by atoms with Crippen molar-refractivity contribution in [2.24, 2.45) is 0 Å². The van der Waals surface area contributed by atoms with Gasteiger partial charge in [0.25, 0.3) is 0 Å². The second-order valence-corrected chi connectivity index (χ2v) is 5.18. The summed E-state index contributed by atoms with van der Waals surface area (Å²) in [5, 5.41) is 11.4. The van der Waals surface area contributed by atoms with Gasteiger partial charge < -0.3 is 5.32 Å². The number of nitrogens with one attached hydrogen (secondary N) is 1. The molecule has 27 heavy (non-hydrogen) atoms. The molecule has 0 aliphatic rings. The van der Waals surface area contributed by atoms with Crippen molar-refractivity contribution < 1.29 is 31.1 Å². The highest BCUT2D eigenvalue weighted by Crippen LogP contribution is 2.31. The molecular formula is C17H9F6N3O. The first-order valence-corrected chi connectivity index (χ1v) is 7.13. The summed E-state index contributed by atoms with van der Waals surface area (Å²) in [4.78, 5) is 15.6. The van der Waals surface area contributed by atoms with Crippen LogP contribution in [0, 0.1) is 11.3 Å². The first-order valence-electron chi connectivity index (χ1n) is 7.13. The fourth-order valence-electron chi connectivity index (χ4n) is 1.97. The third-order valence-electron chi connectivity index (χ3n) is 3.27. The van der Waals surface area contributed by atoms with Crippen molar-refractivity contribution in [1.82, 2.24) is 4.98 Å². The van der Waals surface area contributed by atoms with Crippen LogP contribution in [0.1, 0.15) is 21.5 Å². The zero-order valence-electron chi connectivity index (χ0n) is 13.2. The fraction of sp³-hybridized carbons (Fsp3) is 0.118. The molecule has 1 heterocycles. The molecule has 2 rings (SSSR count). The van der Waals surface area contributed by atoms with Gasteiger partial charge in [-0.3, -0.25) is 9.78 Å². The van der Waals surface area contributed by atoms with Gasteiger partial charge in [0.1, 0.15) is 11.6 Å². The topological polar surface area (TPSA) is 65.8 Å². The lowest BCUT2D eigenvalue weighted by Gasteiger charge is -2.09. The van der Waals surface area contributed by atoms with Crippen LogP contribution < -0.4 is 5.32 Å². The number of aromatic nitrogens is 1. The standard InChI is InChI=1S/C17H9F6N3O/c18-16(19,20)12-3-1-2-10(4-12)15(27)11(6-24)7-26-14-5-13(8-25-9-14)17(21,22)23/h1-5,7-9,26H. The number of rotatable bonds is 4. The molecule has 140 valence electrons. The summed E-state index contributed by atoms with van der Waals surface area (Å²) in [6.45, 7) is 0. The van der Waals surface area contributed by atoms with Gasteiger partial charge in [-0.2, -0.15) is 31.6 Å². The van der Waals surface area contributed by atoms with E-state index < -0.39 is 34.8 Å². The number of alkyl halides is 6. The quantitative estimate of drug-likeness (QED) is 0.355. The highest BCUT2D eigenvalue weighted by atomic mass is 19.4. The number of halogens is 6. The Labute approximate surface area is 148 Å². The molecule has 1 aromatic carbocycles. The van der Waals surface area contributed by atoms with Crippen LogP contribution in [0.4, 0.5) is 32.0 Å². The number of ketones is 1. The summed E-state index contributed by atoms with van der Waals surface area (Å²) < 4.78 is 76.1. The summed E-state index contributed by atoms with van der Waals surface area (Å²) in [6, 6.07) is 5.65. The van der Waals surface area contributed by atoms with E-state index >= 15 is 0 Å². The number of allylic oxidation sites excluding steroid dienone is 1. The van der Waals surface area contributed by atoms with Gasteiger partial charge in [-0.15, -0.1) is 0 Å². The smallest absolute Gasteiger partial charge is 0.359 e. The van der Waals surface area contributed by atoms with Gasteiger partial charge in [-0.05, 0) is 18.2 Å². The molecule has 2 aromatic rings. The van der Waals surface area contributed by atoms with E-state index in [1.807, 2.05) is 0 Å². The van der Waals surface area contributed by atoms with E-state index in [1.165, 1.54) is 6.07 Å². The predicted molar refractivity (Wildman–Crippen MR) is 82.3 cm³/mol. The summed E-state index contributed by atoms with van der Waals surface area (Å²) >= 11 is 0. The van der Waals surface area contributed by atoms with Crippen LogP contribution >= 0.6 is 0 Å². The second kappa shape index (κ2) is 7.49. The average molecular weight is 385 g/mol. The highest BCUT2D eigenvalue weighted by molar-refractivity contribution is 6.11. The molecule has 0 fully saturated rings. The van der Waals surface area contributed by atoms with Crippen molar-refractivity contribution in [3.63, 3.8) is 0 Å². The zero-order valence-corrected chi connectivity index (χ0v) is 13.2. The first-order chi connectivity index (χ1) is 12.5. The molecule has 0 saturated carbocycles. The Morgan fingerprint density at radius 1 is 1.04 bits per heavy atom. The van der Waals surface area contributed by atoms with Crippen LogP contribution in [-0.2, 0) is 12.4 Å². The van der Waals surface area contributed by atoms with Crippen molar-refractivity contribution in [2.45, 2.75) is 12.4 Å². The lowest BCUT2D eigenvalue weighted by Crippen LogP contribution is -2.09. The van der Waals surface area contributed by atoms with E-state index in [9.17, 15) is 31.1 Å². The third kappa shape index (κ3) is 5.07. The van der Waals surface area contributed by atoms with Crippen LogP contribution in [0.15, 0.2) is 54.5 Å². The summed E-state index contributed by atoms with van der Waals surface area (Å²) in [5.41, 5.74) is -3.26. The number of carbonyl (C=O) groups is 1. The zero-order chi connectivity index (χ0) is 20.2. The number of nitriles is 1. The Balaban J connectivity index is 2.27. The number of carbonyl (C=O) groups excluding carboxylic acids is 1. The molecule has 0 saturated heterocycles. The van der Waals surface area contributed by atoms with Gasteiger partial charge >= 0.3 is 12.4 Å². The summed E-state index contributed by atoms with van der Waals surface area (Å²) in [5.74, 6) is -1.02. The van der Waals surface area contributed by atoms with Gasteiger partial charge in [-0.1, -0.05) is 12.1 Å². The molecule has 0 bridgehead atoms. The monoisotopic (exact) mass is 385 g/mol. The SMILES string of the molecule is N#CC(=CNc1cncc(C(F)(F)F)c1)C(=O)c1cccc(C(F)(F)F)c1. The van der Waals surface area contributed by atoms with E-state index in [2.05, 4.69) is 10.3 Å². The van der Waals surface area contributed by atoms with Gasteiger partial charge in [0.05, 0.1) is 23.0 Å². The summed E-state index contributed by atoms with van der Waals surface area (Å²) in [6.07, 6.45) is -6.89. The maximum Gasteiger partial charge on any atom is 0.417 e. The molecule has 0 amide bonds. The van der Waals surface area contributed by atoms with Crippen molar-refractivity contribution in [2.75, 3.05) is 5.32 Å². The van der Waals surface area contributed by atoms with Gasteiger partial charge in [-0.25, -0.2) is 0 Å². The Bertz CT molecular complexity index is 925. The molecule has 1 N–H and O–H groups in total. The van der Waals surface area contributed by atoms with Crippen LogP contribution in [-0.4, -0.2) is 10.8 Å². The van der Waals surface area contributed by atoms with Gasteiger partial charge in [0.2, 0.25) is 5.78 Å². The lowest BCUT2D eigenvalue weighted by molar-refractivity contribution is -0.138. The Hall–Kier alpha value is -3.35. The Kier molecular flexibility index (Phi) is 5.54. The molecule has 4 nitrogen and oxygen atoms in total. The molecule has 0 atom stereocenters. The molecular weight excluding hydrogens is 376 g/mol. The molecule has 0 unspecified atom stereocenters. The Morgan fingerprint density at radius 2 is 1.70 bits per heavy atom. The minimum Gasteiger partial charge on any atom is -0.359 e. The molecule has 10 heteroatoms. The Morgan fingerprint density at radius 3 is 2.30 bits per heavy atom. The molecule has 0 aliphatic heterocycles. The van der Waals surface area contributed by atoms with E-state index in [-0.39, 0.29) is 11.3 Å². The number of pyridine rings is 1. The highest BCUT2D eigenvalue weighted by Gasteiger charge is 2.32. The second-order valence-electron chi connectivity index (χ2n) is 5.18. The largest absolute Gasteiger partial charge is 0.417 e. The minimum absolute atomic E-state index is 0.158. The number of benzene rings is 1. The molecule has 1 aromatic heterocycles. The number of anilines is 1. The van der Waals surface area contributed by atoms with Crippen molar-refractivity contribution >= 4 is 11.5 Å². The number of hydrogen-bond acceptors (Lipinski definition) is 4. The van der Waals surface area contributed by atoms with E-state index in [0.717, 1.165) is 30.6 Å². The summed E-state index contributed by atoms with van der Waals surface area (Å²) in [7, 11) is 0. The van der Waals surface area contributed by atoms with Crippen LogP contribution in [0.2, 0.25) is 0 Å². The number of Topliss-reactive ketones (excluding diaryl/α,β-unsaturated/α-hetero) is 1. The van der Waals surface area contributed by atoms with E-state index in [4.69, 9.17) is 5.26 Å². The normalized spacial score (nSPS) is 12.4. The molecule has 0 aliphatic carbocycles. The number of nitrogens with zero attached hydrogens (tertiary/aromatic N) is 2. The average Bonchev–Trinajstić information content (AvgIpc) is 2.61. The molecule has 0 spiro atoms. The number of hydrogen-bond donors (Lipinski definition) is 1.